The van der Waals surface area contributed by atoms with Crippen molar-refractivity contribution >= 4 is 28.7 Å². The number of rotatable bonds is 3. The first-order valence-corrected chi connectivity index (χ1v) is 6.96. The molecule has 106 valence electrons. The predicted octanol–water partition coefficient (Wildman–Crippen LogP) is 2.59. The molecule has 0 spiro atoms. The van der Waals surface area contributed by atoms with E-state index in [9.17, 15) is 4.79 Å². The first-order chi connectivity index (χ1) is 9.69. The van der Waals surface area contributed by atoms with Crippen LogP contribution in [0.1, 0.15) is 6.92 Å². The van der Waals surface area contributed by atoms with Gasteiger partial charge in [-0.05, 0) is 30.8 Å². The maximum atomic E-state index is 11.3. The number of ether oxygens (including phenoxy) is 1. The molecule has 0 unspecified atom stereocenters. The van der Waals surface area contributed by atoms with Crippen molar-refractivity contribution in [1.29, 1.82) is 0 Å². The van der Waals surface area contributed by atoms with Crippen molar-refractivity contribution in [3.8, 4) is 0 Å². The summed E-state index contributed by atoms with van der Waals surface area (Å²) in [6.07, 6.45) is 1.34. The Morgan fingerprint density at radius 3 is 2.90 bits per heavy atom. The Balaban J connectivity index is 1.91. The lowest BCUT2D eigenvalue weighted by Crippen LogP contribution is -2.28. The Hall–Kier alpha value is -2.15. The third-order valence-corrected chi connectivity index (χ3v) is 3.35. The van der Waals surface area contributed by atoms with Gasteiger partial charge in [0.2, 0.25) is 0 Å². The monoisotopic (exact) mass is 292 g/mol. The number of hydrogen-bond acceptors (Lipinski definition) is 6. The number of thioether (sulfide) groups is 1. The molecule has 6 nitrogen and oxygen atoms in total. The quantitative estimate of drug-likeness (QED) is 0.896. The lowest BCUT2D eigenvalue weighted by atomic mass is 10.3. The normalized spacial score (nSPS) is 16.0. The molecular weight excluding hydrogens is 276 g/mol. The predicted molar refractivity (Wildman–Crippen MR) is 81.1 cm³/mol. The number of nitrogens with zero attached hydrogens (tertiary/aromatic N) is 2. The van der Waals surface area contributed by atoms with Gasteiger partial charge in [0.25, 0.3) is 0 Å². The van der Waals surface area contributed by atoms with Gasteiger partial charge in [-0.2, -0.15) is 0 Å². The number of hydrogen-bond donors (Lipinski definition) is 2. The number of alkyl carbamates (subject to hydrolysis) is 1. The summed E-state index contributed by atoms with van der Waals surface area (Å²) in [5, 5.41) is 13.0. The number of hydrazone groups is 1. The van der Waals surface area contributed by atoms with Crippen LogP contribution in [0.2, 0.25) is 0 Å². The number of benzene rings is 1. The maximum absolute atomic E-state index is 11.3. The minimum absolute atomic E-state index is 0.331. The molecule has 0 aliphatic carbocycles. The second-order valence-corrected chi connectivity index (χ2v) is 4.88. The lowest BCUT2D eigenvalue weighted by molar-refractivity contribution is 0.158. The minimum atomic E-state index is -0.496. The van der Waals surface area contributed by atoms with Gasteiger partial charge in [0.1, 0.15) is 5.03 Å². The fraction of sp³-hybridized carbons (Fsp3) is 0.231. The molecule has 2 N–H and O–H groups in total. The van der Waals surface area contributed by atoms with Crippen LogP contribution in [0.3, 0.4) is 0 Å². The summed E-state index contributed by atoms with van der Waals surface area (Å²) >= 11 is 1.35. The van der Waals surface area contributed by atoms with Crippen LogP contribution in [-0.4, -0.2) is 29.9 Å². The molecular formula is C13H16N4O2S. The van der Waals surface area contributed by atoms with Crippen molar-refractivity contribution < 1.29 is 9.53 Å². The van der Waals surface area contributed by atoms with E-state index in [0.29, 0.717) is 11.8 Å². The highest BCUT2D eigenvalue weighted by Gasteiger charge is 2.20. The Labute approximate surface area is 121 Å². The van der Waals surface area contributed by atoms with E-state index in [2.05, 4.69) is 15.7 Å². The molecule has 2 rings (SSSR count). The number of nitrogens with one attached hydrogen (secondary N) is 2. The first-order valence-electron chi connectivity index (χ1n) is 6.14. The summed E-state index contributed by atoms with van der Waals surface area (Å²) in [4.78, 5) is 11.3. The Kier molecular flexibility index (Phi) is 4.89. The summed E-state index contributed by atoms with van der Waals surface area (Å²) in [5.41, 5.74) is 0.987. The molecule has 7 heteroatoms. The van der Waals surface area contributed by atoms with Crippen LogP contribution in [0.25, 0.3) is 0 Å². The van der Waals surface area contributed by atoms with Gasteiger partial charge in [-0.15, -0.1) is 5.10 Å². The van der Waals surface area contributed by atoms with Crippen molar-refractivity contribution in [3.05, 3.63) is 41.6 Å². The summed E-state index contributed by atoms with van der Waals surface area (Å²) in [6, 6.07) is 9.80. The third kappa shape index (κ3) is 3.92. The zero-order valence-corrected chi connectivity index (χ0v) is 12.1. The number of amidine groups is 1. The largest absolute Gasteiger partial charge is 0.450 e. The van der Waals surface area contributed by atoms with Crippen LogP contribution in [-0.2, 0) is 4.74 Å². The fourth-order valence-electron chi connectivity index (χ4n) is 1.48. The van der Waals surface area contributed by atoms with E-state index in [-0.39, 0.29) is 0 Å². The van der Waals surface area contributed by atoms with Gasteiger partial charge in [-0.25, -0.2) is 4.79 Å². The van der Waals surface area contributed by atoms with E-state index in [1.165, 1.54) is 11.8 Å². The molecule has 0 bridgehead atoms. The minimum Gasteiger partial charge on any atom is -0.450 e. The summed E-state index contributed by atoms with van der Waals surface area (Å²) in [5.74, 6) is 0. The smallest absolute Gasteiger partial charge is 0.413 e. The molecule has 1 aromatic rings. The molecule has 1 aromatic carbocycles. The van der Waals surface area contributed by atoms with Crippen molar-refractivity contribution in [2.45, 2.75) is 6.92 Å². The van der Waals surface area contributed by atoms with Crippen LogP contribution in [0.4, 0.5) is 10.5 Å². The highest BCUT2D eigenvalue weighted by molar-refractivity contribution is 8.17. The molecule has 0 radical (unpaired) electrons. The van der Waals surface area contributed by atoms with Gasteiger partial charge >= 0.3 is 6.09 Å². The molecule has 0 atom stereocenters. The highest BCUT2D eigenvalue weighted by Crippen LogP contribution is 2.27. The number of anilines is 1. The summed E-state index contributed by atoms with van der Waals surface area (Å²) < 4.78 is 4.81. The molecule has 0 aromatic heterocycles. The van der Waals surface area contributed by atoms with Crippen LogP contribution in [0.15, 0.2) is 46.7 Å². The van der Waals surface area contributed by atoms with Crippen molar-refractivity contribution in [3.63, 3.8) is 0 Å². The van der Waals surface area contributed by atoms with Crippen LogP contribution in [0, 0.1) is 0 Å². The maximum Gasteiger partial charge on any atom is 0.413 e. The molecule has 1 amide bonds. The summed E-state index contributed by atoms with van der Waals surface area (Å²) in [6.45, 7) is 2.09. The Morgan fingerprint density at radius 2 is 2.20 bits per heavy atom. The van der Waals surface area contributed by atoms with Gasteiger partial charge < -0.3 is 10.1 Å². The van der Waals surface area contributed by atoms with Crippen molar-refractivity contribution in [2.75, 3.05) is 19.0 Å². The van der Waals surface area contributed by atoms with E-state index in [0.717, 1.165) is 10.7 Å². The zero-order chi connectivity index (χ0) is 14.4. The summed E-state index contributed by atoms with van der Waals surface area (Å²) in [7, 11) is 1.81. The third-order valence-electron chi connectivity index (χ3n) is 2.38. The van der Waals surface area contributed by atoms with E-state index < -0.39 is 6.09 Å². The lowest BCUT2D eigenvalue weighted by Gasteiger charge is -2.08. The number of para-hydroxylation sites is 1. The van der Waals surface area contributed by atoms with Gasteiger partial charge in [-0.1, -0.05) is 18.2 Å². The van der Waals surface area contributed by atoms with E-state index in [1.807, 2.05) is 43.6 Å². The van der Waals surface area contributed by atoms with E-state index in [1.54, 1.807) is 11.9 Å². The fourth-order valence-corrected chi connectivity index (χ4v) is 2.26. The second-order valence-electron chi connectivity index (χ2n) is 3.87. The average Bonchev–Trinajstić information content (AvgIpc) is 2.78. The molecule has 20 heavy (non-hydrogen) atoms. The SMILES string of the molecule is CCOC(=O)NC1=NN(C)/C(=C/Nc2ccccc2)S1. The van der Waals surface area contributed by atoms with E-state index >= 15 is 0 Å². The molecule has 0 fully saturated rings. The molecule has 0 saturated heterocycles. The standard InChI is InChI=1S/C13H16N4O2S/c1-3-19-13(18)15-12-16-17(2)11(20-12)9-14-10-7-5-4-6-8-10/h4-9,14H,3H2,1-2H3,(H,15,16,18)/b11-9-. The molecule has 0 saturated carbocycles. The second kappa shape index (κ2) is 6.85. The topological polar surface area (TPSA) is 66.0 Å². The Morgan fingerprint density at radius 1 is 1.45 bits per heavy atom. The van der Waals surface area contributed by atoms with Crippen molar-refractivity contribution in [1.82, 2.24) is 10.3 Å². The van der Waals surface area contributed by atoms with Crippen LogP contribution < -0.4 is 10.6 Å². The number of carbonyl (C=O) groups is 1. The van der Waals surface area contributed by atoms with Crippen LogP contribution in [0.5, 0.6) is 0 Å². The highest BCUT2D eigenvalue weighted by atomic mass is 32.2. The number of amides is 1. The zero-order valence-electron chi connectivity index (χ0n) is 11.3. The van der Waals surface area contributed by atoms with Gasteiger partial charge in [0.15, 0.2) is 5.17 Å². The first kappa shape index (κ1) is 14.3. The molecule has 1 heterocycles. The molecule has 1 aliphatic heterocycles. The van der Waals surface area contributed by atoms with Crippen LogP contribution >= 0.6 is 11.8 Å². The van der Waals surface area contributed by atoms with E-state index in [4.69, 9.17) is 4.74 Å². The van der Waals surface area contributed by atoms with Gasteiger partial charge in [-0.3, -0.25) is 10.3 Å². The Bertz CT molecular complexity index is 530. The number of carbonyl (C=O) groups excluding carboxylic acids is 1. The van der Waals surface area contributed by atoms with Gasteiger partial charge in [0.05, 0.1) is 6.61 Å². The van der Waals surface area contributed by atoms with Crippen molar-refractivity contribution in [2.24, 2.45) is 5.10 Å². The average molecular weight is 292 g/mol. The van der Waals surface area contributed by atoms with Gasteiger partial charge in [0, 0.05) is 18.9 Å². The molecule has 1 aliphatic rings.